The van der Waals surface area contributed by atoms with Gasteiger partial charge < -0.3 is 4.90 Å². The van der Waals surface area contributed by atoms with Crippen molar-refractivity contribution in [2.24, 2.45) is 0 Å². The van der Waals surface area contributed by atoms with Gasteiger partial charge in [0.25, 0.3) is 15.9 Å². The van der Waals surface area contributed by atoms with Crippen molar-refractivity contribution in [3.8, 4) is 0 Å². The Bertz CT molecular complexity index is 1010. The topological polar surface area (TPSA) is 66.5 Å². The van der Waals surface area contributed by atoms with Crippen molar-refractivity contribution in [2.45, 2.75) is 63.8 Å². The molecule has 0 atom stereocenters. The maximum absolute atomic E-state index is 13.1. The molecule has 1 aliphatic carbocycles. The van der Waals surface area contributed by atoms with Gasteiger partial charge in [-0.1, -0.05) is 37.5 Å². The molecule has 0 bridgehead atoms. The minimum Gasteiger partial charge on any atom is -0.339 e. The number of hydrogen-bond acceptors (Lipinski definition) is 3. The molecule has 1 N–H and O–H groups in total. The first-order valence-corrected chi connectivity index (χ1v) is 11.7. The molecule has 1 aliphatic rings. The highest BCUT2D eigenvalue weighted by atomic mass is 32.2. The van der Waals surface area contributed by atoms with Gasteiger partial charge in [0.1, 0.15) is 0 Å². The molecule has 0 spiro atoms. The fourth-order valence-corrected chi connectivity index (χ4v) is 5.32. The number of carbonyl (C=O) groups excluding carboxylic acids is 1. The average molecular weight is 415 g/mol. The molecule has 0 aromatic heterocycles. The van der Waals surface area contributed by atoms with Crippen LogP contribution in [0.3, 0.4) is 0 Å². The number of amides is 1. The Labute approximate surface area is 174 Å². The molecule has 0 unspecified atom stereocenters. The molecule has 0 radical (unpaired) electrons. The molecule has 5 nitrogen and oxygen atoms in total. The fraction of sp³-hybridized carbons (Fsp3) is 0.435. The van der Waals surface area contributed by atoms with Gasteiger partial charge in [0.15, 0.2) is 0 Å². The number of benzene rings is 2. The summed E-state index contributed by atoms with van der Waals surface area (Å²) in [6.07, 6.45) is 5.50. The van der Waals surface area contributed by atoms with E-state index in [4.69, 9.17) is 0 Å². The van der Waals surface area contributed by atoms with E-state index in [0.717, 1.165) is 36.8 Å². The van der Waals surface area contributed by atoms with E-state index in [-0.39, 0.29) is 16.8 Å². The minimum absolute atomic E-state index is 0.125. The molecule has 3 rings (SSSR count). The van der Waals surface area contributed by atoms with Gasteiger partial charge in [0.2, 0.25) is 0 Å². The second kappa shape index (κ2) is 8.57. The second-order valence-electron chi connectivity index (χ2n) is 8.04. The second-order valence-corrected chi connectivity index (χ2v) is 9.69. The summed E-state index contributed by atoms with van der Waals surface area (Å²) < 4.78 is 28.9. The zero-order valence-electron chi connectivity index (χ0n) is 17.7. The van der Waals surface area contributed by atoms with Crippen molar-refractivity contribution >= 4 is 21.6 Å². The van der Waals surface area contributed by atoms with Crippen molar-refractivity contribution in [2.75, 3.05) is 11.8 Å². The number of sulfonamides is 1. The van der Waals surface area contributed by atoms with Crippen LogP contribution in [-0.4, -0.2) is 32.3 Å². The van der Waals surface area contributed by atoms with Gasteiger partial charge in [-0.3, -0.25) is 9.52 Å². The zero-order chi connectivity index (χ0) is 21.2. The number of rotatable bonds is 5. The maximum Gasteiger partial charge on any atom is 0.262 e. The molecular formula is C23H30N2O3S. The number of aryl methyl sites for hydroxylation is 2. The van der Waals surface area contributed by atoms with Crippen LogP contribution in [0, 0.1) is 20.8 Å². The molecule has 156 valence electrons. The smallest absolute Gasteiger partial charge is 0.262 e. The largest absolute Gasteiger partial charge is 0.339 e. The fourth-order valence-electron chi connectivity index (χ4n) is 3.92. The van der Waals surface area contributed by atoms with Crippen LogP contribution in [0.1, 0.15) is 59.2 Å². The van der Waals surface area contributed by atoms with E-state index in [0.29, 0.717) is 16.8 Å². The Kier molecular flexibility index (Phi) is 6.32. The Balaban J connectivity index is 1.89. The predicted molar refractivity (Wildman–Crippen MR) is 117 cm³/mol. The Morgan fingerprint density at radius 2 is 1.69 bits per heavy atom. The maximum atomic E-state index is 13.1. The minimum atomic E-state index is -3.81. The van der Waals surface area contributed by atoms with Crippen LogP contribution in [0.4, 0.5) is 5.69 Å². The van der Waals surface area contributed by atoms with Crippen molar-refractivity contribution in [3.63, 3.8) is 0 Å². The first kappa shape index (κ1) is 21.4. The average Bonchev–Trinajstić information content (AvgIpc) is 2.71. The molecule has 29 heavy (non-hydrogen) atoms. The van der Waals surface area contributed by atoms with E-state index >= 15 is 0 Å². The van der Waals surface area contributed by atoms with E-state index in [9.17, 15) is 13.2 Å². The third-order valence-electron chi connectivity index (χ3n) is 6.02. The predicted octanol–water partition coefficient (Wildman–Crippen LogP) is 4.82. The van der Waals surface area contributed by atoms with Crippen LogP contribution in [-0.2, 0) is 10.0 Å². The van der Waals surface area contributed by atoms with E-state index < -0.39 is 10.0 Å². The number of carbonyl (C=O) groups is 1. The molecular weight excluding hydrogens is 384 g/mol. The van der Waals surface area contributed by atoms with E-state index in [2.05, 4.69) is 4.72 Å². The summed E-state index contributed by atoms with van der Waals surface area (Å²) in [5.41, 5.74) is 3.48. The molecule has 1 saturated carbocycles. The first-order valence-electron chi connectivity index (χ1n) is 10.2. The van der Waals surface area contributed by atoms with E-state index in [1.54, 1.807) is 30.0 Å². The van der Waals surface area contributed by atoms with Crippen LogP contribution in [0.5, 0.6) is 0 Å². The normalized spacial score (nSPS) is 15.2. The molecule has 0 saturated heterocycles. The highest BCUT2D eigenvalue weighted by Crippen LogP contribution is 2.26. The zero-order valence-corrected chi connectivity index (χ0v) is 18.5. The molecule has 2 aromatic rings. The number of nitrogens with zero attached hydrogens (tertiary/aromatic N) is 1. The number of anilines is 1. The highest BCUT2D eigenvalue weighted by Gasteiger charge is 2.25. The highest BCUT2D eigenvalue weighted by molar-refractivity contribution is 7.92. The Hall–Kier alpha value is -2.34. The van der Waals surface area contributed by atoms with Crippen LogP contribution >= 0.6 is 0 Å². The number of hydrogen-bond donors (Lipinski definition) is 1. The Morgan fingerprint density at radius 3 is 2.38 bits per heavy atom. The van der Waals surface area contributed by atoms with E-state index in [1.807, 2.05) is 33.0 Å². The molecule has 0 heterocycles. The summed E-state index contributed by atoms with van der Waals surface area (Å²) >= 11 is 0. The van der Waals surface area contributed by atoms with Crippen LogP contribution in [0.25, 0.3) is 0 Å². The quantitative estimate of drug-likeness (QED) is 0.763. The van der Waals surface area contributed by atoms with Gasteiger partial charge in [-0.25, -0.2) is 8.42 Å². The Morgan fingerprint density at radius 1 is 1.00 bits per heavy atom. The van der Waals surface area contributed by atoms with Gasteiger partial charge in [-0.2, -0.15) is 0 Å². The summed E-state index contributed by atoms with van der Waals surface area (Å²) in [6.45, 7) is 5.58. The lowest BCUT2D eigenvalue weighted by Crippen LogP contribution is -2.38. The summed E-state index contributed by atoms with van der Waals surface area (Å²) in [4.78, 5) is 14.9. The third kappa shape index (κ3) is 4.64. The summed E-state index contributed by atoms with van der Waals surface area (Å²) in [6, 6.07) is 10.7. The summed E-state index contributed by atoms with van der Waals surface area (Å²) in [7, 11) is -1.99. The van der Waals surface area contributed by atoms with Crippen molar-refractivity contribution < 1.29 is 13.2 Å². The van der Waals surface area contributed by atoms with Crippen LogP contribution < -0.4 is 4.72 Å². The van der Waals surface area contributed by atoms with Crippen molar-refractivity contribution in [1.82, 2.24) is 4.90 Å². The van der Waals surface area contributed by atoms with Crippen LogP contribution in [0.2, 0.25) is 0 Å². The van der Waals surface area contributed by atoms with Gasteiger partial charge in [-0.15, -0.1) is 0 Å². The van der Waals surface area contributed by atoms with Crippen molar-refractivity contribution in [3.05, 3.63) is 58.7 Å². The summed E-state index contributed by atoms with van der Waals surface area (Å²) in [5.74, 6) is -0.125. The number of nitrogens with one attached hydrogen (secondary N) is 1. The van der Waals surface area contributed by atoms with Crippen LogP contribution in [0.15, 0.2) is 41.3 Å². The summed E-state index contributed by atoms with van der Waals surface area (Å²) in [5, 5.41) is 0. The standard InChI is InChI=1S/C23H30N2O3S/c1-16-9-8-12-21(18(16)3)24-29(27,28)22-15-19(14-13-17(22)2)23(26)25(4)20-10-6-5-7-11-20/h8-9,12-15,20,24H,5-7,10-11H2,1-4H3. The molecule has 1 fully saturated rings. The SMILES string of the molecule is Cc1ccc(C(=O)N(C)C2CCCCC2)cc1S(=O)(=O)Nc1cccc(C)c1C. The van der Waals surface area contributed by atoms with Gasteiger partial charge in [0.05, 0.1) is 10.6 Å². The monoisotopic (exact) mass is 414 g/mol. The first-order chi connectivity index (χ1) is 13.7. The van der Waals surface area contributed by atoms with Gasteiger partial charge in [-0.05, 0) is 68.5 Å². The third-order valence-corrected chi connectivity index (χ3v) is 7.52. The molecule has 0 aliphatic heterocycles. The lowest BCUT2D eigenvalue weighted by atomic mass is 9.94. The lowest BCUT2D eigenvalue weighted by molar-refractivity contribution is 0.0696. The van der Waals surface area contributed by atoms with Gasteiger partial charge >= 0.3 is 0 Å². The van der Waals surface area contributed by atoms with Crippen molar-refractivity contribution in [1.29, 1.82) is 0 Å². The molecule has 6 heteroatoms. The molecule has 1 amide bonds. The van der Waals surface area contributed by atoms with Gasteiger partial charge in [0, 0.05) is 18.7 Å². The lowest BCUT2D eigenvalue weighted by Gasteiger charge is -2.31. The van der Waals surface area contributed by atoms with E-state index in [1.165, 1.54) is 12.5 Å². The molecule has 2 aromatic carbocycles.